The van der Waals surface area contributed by atoms with Crippen molar-refractivity contribution in [2.24, 2.45) is 17.8 Å². The Labute approximate surface area is 274 Å². The molecule has 3 unspecified atom stereocenters. The first-order chi connectivity index (χ1) is 21.9. The van der Waals surface area contributed by atoms with Crippen LogP contribution in [0.15, 0.2) is 88.7 Å². The van der Waals surface area contributed by atoms with Crippen LogP contribution in [0.3, 0.4) is 0 Å². The van der Waals surface area contributed by atoms with Gasteiger partial charge in [0.05, 0.1) is 17.0 Å². The van der Waals surface area contributed by atoms with E-state index in [1.54, 1.807) is 66.0 Å². The van der Waals surface area contributed by atoms with E-state index in [0.717, 1.165) is 59.8 Å². The fraction of sp³-hybridized carbons (Fsp3) is 0.378. The fourth-order valence-electron chi connectivity index (χ4n) is 5.51. The maximum Gasteiger partial charge on any atom is 0.343 e. The summed E-state index contributed by atoms with van der Waals surface area (Å²) >= 11 is 3.52. The number of fused-ring (bicyclic) bond motifs is 2. The average Bonchev–Trinajstić information content (AvgIpc) is 3.70. The first-order valence-electron chi connectivity index (χ1n) is 15.8. The minimum Gasteiger partial charge on any atom is -0.460 e. The second-order valence-electron chi connectivity index (χ2n) is 11.5. The summed E-state index contributed by atoms with van der Waals surface area (Å²) in [5.41, 5.74) is 1.28. The summed E-state index contributed by atoms with van der Waals surface area (Å²) in [7, 11) is 0. The quantitative estimate of drug-likeness (QED) is 0.0533. The van der Waals surface area contributed by atoms with Crippen molar-refractivity contribution < 1.29 is 28.6 Å². The number of rotatable bonds is 15. The van der Waals surface area contributed by atoms with Crippen molar-refractivity contribution in [3.63, 3.8) is 0 Å². The molecule has 2 bridgehead atoms. The first-order valence-corrected chi connectivity index (χ1v) is 17.8. The molecule has 8 heteroatoms. The summed E-state index contributed by atoms with van der Waals surface area (Å²) in [4.78, 5) is 41.3. The molecule has 3 aromatic carbocycles. The predicted molar refractivity (Wildman–Crippen MR) is 179 cm³/mol. The lowest BCUT2D eigenvalue weighted by Crippen LogP contribution is -2.21. The van der Waals surface area contributed by atoms with E-state index in [4.69, 9.17) is 14.2 Å². The number of hydrogen-bond acceptors (Lipinski definition) is 8. The largest absolute Gasteiger partial charge is 0.460 e. The van der Waals surface area contributed by atoms with Gasteiger partial charge in [-0.3, -0.25) is 4.79 Å². The molecule has 0 aliphatic heterocycles. The Kier molecular flexibility index (Phi) is 11.8. The first kappa shape index (κ1) is 32.9. The van der Waals surface area contributed by atoms with Crippen molar-refractivity contribution >= 4 is 41.4 Å². The van der Waals surface area contributed by atoms with Crippen LogP contribution in [0.1, 0.15) is 78.7 Å². The highest BCUT2D eigenvalue weighted by Crippen LogP contribution is 2.44. The summed E-state index contributed by atoms with van der Waals surface area (Å²) in [6.07, 6.45) is 10.6. The molecule has 1 fully saturated rings. The van der Waals surface area contributed by atoms with E-state index in [2.05, 4.69) is 26.0 Å². The monoisotopic (exact) mass is 644 g/mol. The van der Waals surface area contributed by atoms with Gasteiger partial charge in [0.15, 0.2) is 0 Å². The fourth-order valence-corrected chi connectivity index (χ4v) is 7.50. The van der Waals surface area contributed by atoms with Gasteiger partial charge in [-0.2, -0.15) is 0 Å². The smallest absolute Gasteiger partial charge is 0.343 e. The molecule has 0 aromatic heterocycles. The lowest BCUT2D eigenvalue weighted by Gasteiger charge is -2.18. The third-order valence-electron chi connectivity index (χ3n) is 8.11. The molecule has 0 heterocycles. The van der Waals surface area contributed by atoms with Crippen molar-refractivity contribution in [2.75, 3.05) is 11.5 Å². The maximum absolute atomic E-state index is 13.1. The topological polar surface area (TPSA) is 78.9 Å². The highest BCUT2D eigenvalue weighted by atomic mass is 32.2. The third kappa shape index (κ3) is 9.04. The van der Waals surface area contributed by atoms with Gasteiger partial charge in [-0.05, 0) is 116 Å². The summed E-state index contributed by atoms with van der Waals surface area (Å²) in [5, 5.41) is 0. The van der Waals surface area contributed by atoms with E-state index in [1.165, 1.54) is 0 Å². The molecule has 0 radical (unpaired) electrons. The number of benzene rings is 3. The van der Waals surface area contributed by atoms with E-state index in [9.17, 15) is 14.4 Å². The summed E-state index contributed by atoms with van der Waals surface area (Å²) in [5.74, 6) is 1.78. The van der Waals surface area contributed by atoms with Gasteiger partial charge in [0.25, 0.3) is 0 Å². The van der Waals surface area contributed by atoms with Crippen molar-refractivity contribution in [2.45, 2.75) is 68.8 Å². The van der Waals surface area contributed by atoms with Gasteiger partial charge in [-0.1, -0.05) is 38.8 Å². The minimum absolute atomic E-state index is 0.110. The van der Waals surface area contributed by atoms with Gasteiger partial charge in [0, 0.05) is 15.4 Å². The van der Waals surface area contributed by atoms with E-state index >= 15 is 0 Å². The molecular weight excluding hydrogens is 605 g/mol. The Balaban J connectivity index is 1.27. The number of carbonyl (C=O) groups excluding carboxylic acids is 3. The van der Waals surface area contributed by atoms with Crippen LogP contribution in [0.4, 0.5) is 0 Å². The Morgan fingerprint density at radius 2 is 1.33 bits per heavy atom. The third-order valence-corrected chi connectivity index (χ3v) is 10.3. The Morgan fingerprint density at radius 1 is 0.733 bits per heavy atom. The van der Waals surface area contributed by atoms with Gasteiger partial charge in [0.2, 0.25) is 0 Å². The second kappa shape index (κ2) is 16.2. The Hall–Kier alpha value is -3.49. The number of hydrogen-bond donors (Lipinski definition) is 0. The Bertz CT molecular complexity index is 1500. The van der Waals surface area contributed by atoms with Crippen LogP contribution in [0.2, 0.25) is 0 Å². The van der Waals surface area contributed by atoms with Crippen molar-refractivity contribution in [3.05, 3.63) is 95.6 Å². The molecule has 6 nitrogen and oxygen atoms in total. The molecule has 0 spiro atoms. The number of esters is 3. The van der Waals surface area contributed by atoms with Gasteiger partial charge < -0.3 is 14.2 Å². The Morgan fingerprint density at radius 3 is 1.87 bits per heavy atom. The summed E-state index contributed by atoms with van der Waals surface area (Å²) < 4.78 is 17.2. The van der Waals surface area contributed by atoms with E-state index in [-0.39, 0.29) is 35.9 Å². The summed E-state index contributed by atoms with van der Waals surface area (Å²) in [6.45, 7) is 4.21. The molecule has 1 saturated carbocycles. The molecule has 236 valence electrons. The normalized spacial score (nSPS) is 18.1. The zero-order chi connectivity index (χ0) is 31.6. The molecule has 2 aliphatic rings. The van der Waals surface area contributed by atoms with E-state index in [0.29, 0.717) is 22.6 Å². The van der Waals surface area contributed by atoms with Crippen LogP contribution >= 0.6 is 23.5 Å². The molecule has 0 saturated heterocycles. The number of allylic oxidation sites excluding steroid dienone is 2. The van der Waals surface area contributed by atoms with Crippen molar-refractivity contribution in [3.8, 4) is 11.5 Å². The number of thioether (sulfide) groups is 2. The van der Waals surface area contributed by atoms with Crippen LogP contribution in [-0.4, -0.2) is 29.4 Å². The van der Waals surface area contributed by atoms with Crippen LogP contribution in [0.5, 0.6) is 11.5 Å². The molecule has 2 aliphatic carbocycles. The molecule has 0 amide bonds. The highest BCUT2D eigenvalue weighted by Gasteiger charge is 2.40. The lowest BCUT2D eigenvalue weighted by atomic mass is 9.94. The van der Waals surface area contributed by atoms with Gasteiger partial charge >= 0.3 is 17.9 Å². The minimum atomic E-state index is -0.521. The average molecular weight is 645 g/mol. The van der Waals surface area contributed by atoms with Crippen LogP contribution in [-0.2, 0) is 16.1 Å². The van der Waals surface area contributed by atoms with Crippen molar-refractivity contribution in [1.29, 1.82) is 0 Å². The standard InChI is InChI=1S/C37H40O6S2/c1-3-5-19-44-31-14-9-26(10-15-31)35(38)42-30-13-18-34(43-36(39)27-11-16-32(17-12-27)45-20-6-4-2)29(23-30)24-41-37(40)33-22-25-7-8-28(33)21-25/h7-18,23,25,28,33H,3-6,19-22,24H2,1-2H3. The highest BCUT2D eigenvalue weighted by molar-refractivity contribution is 7.99. The SMILES string of the molecule is CCCCSc1ccc(C(=O)Oc2ccc(OC(=O)c3ccc(SCCCC)cc3)c(COC(=O)C3CC4C=CC3C4)c2)cc1. The summed E-state index contributed by atoms with van der Waals surface area (Å²) in [6, 6.07) is 19.4. The molecule has 3 aromatic rings. The van der Waals surface area contributed by atoms with Gasteiger partial charge in [-0.25, -0.2) is 9.59 Å². The zero-order valence-corrected chi connectivity index (χ0v) is 27.5. The number of carbonyl (C=O) groups is 3. The predicted octanol–water partition coefficient (Wildman–Crippen LogP) is 9.16. The van der Waals surface area contributed by atoms with E-state index in [1.807, 2.05) is 24.3 Å². The van der Waals surface area contributed by atoms with Crippen molar-refractivity contribution in [1.82, 2.24) is 0 Å². The maximum atomic E-state index is 13.1. The van der Waals surface area contributed by atoms with Crippen LogP contribution < -0.4 is 9.47 Å². The molecule has 45 heavy (non-hydrogen) atoms. The molecule has 3 atom stereocenters. The number of ether oxygens (including phenoxy) is 3. The zero-order valence-electron chi connectivity index (χ0n) is 25.9. The lowest BCUT2D eigenvalue weighted by molar-refractivity contribution is -0.150. The van der Waals surface area contributed by atoms with Gasteiger partial charge in [0.1, 0.15) is 18.1 Å². The molecule has 5 rings (SSSR count). The number of unbranched alkanes of at least 4 members (excludes halogenated alkanes) is 2. The molecule has 0 N–H and O–H groups in total. The van der Waals surface area contributed by atoms with Gasteiger partial charge in [-0.15, -0.1) is 23.5 Å². The van der Waals surface area contributed by atoms with Crippen LogP contribution in [0, 0.1) is 17.8 Å². The molecular formula is C37H40O6S2. The second-order valence-corrected chi connectivity index (χ2v) is 13.8. The van der Waals surface area contributed by atoms with E-state index < -0.39 is 11.9 Å². The van der Waals surface area contributed by atoms with Crippen LogP contribution in [0.25, 0.3) is 0 Å².